The number of nitrogens with two attached hydrogens (primary N) is 1. The van der Waals surface area contributed by atoms with Crippen LogP contribution in [-0.2, 0) is 4.79 Å². The van der Waals surface area contributed by atoms with Gasteiger partial charge in [0, 0.05) is 29.1 Å². The molecule has 4 heterocycles. The first kappa shape index (κ1) is 21.8. The van der Waals surface area contributed by atoms with E-state index in [1.54, 1.807) is 10.7 Å². The standard InChI is InChI=1S/C25H24BrN7O2/c26-21-22(13-1-3-14(4-2-13)25(34)35)31-24-18(12-30-33(24)23(21)27)16-6-7-19(28-10-16)15-5-8-20-17(9-15)11-29-32-20/h5-9,11-14,28H,1-4,10,27H2,(H,29,32)(H,34,35). The van der Waals surface area contributed by atoms with Crippen molar-refractivity contribution in [1.82, 2.24) is 30.1 Å². The summed E-state index contributed by atoms with van der Waals surface area (Å²) in [7, 11) is 0. The number of anilines is 1. The molecule has 0 radical (unpaired) electrons. The van der Waals surface area contributed by atoms with Crippen LogP contribution in [0.3, 0.4) is 0 Å². The Hall–Kier alpha value is -3.66. The van der Waals surface area contributed by atoms with Gasteiger partial charge in [-0.05, 0) is 71.0 Å². The summed E-state index contributed by atoms with van der Waals surface area (Å²) < 4.78 is 2.41. The van der Waals surface area contributed by atoms with Crippen molar-refractivity contribution in [3.05, 3.63) is 64.0 Å². The van der Waals surface area contributed by atoms with Crippen LogP contribution in [0.2, 0.25) is 0 Å². The van der Waals surface area contributed by atoms with E-state index in [0.29, 0.717) is 30.9 Å². The van der Waals surface area contributed by atoms with Crippen molar-refractivity contribution in [3.63, 3.8) is 0 Å². The molecule has 5 N–H and O–H groups in total. The molecule has 1 aromatic carbocycles. The lowest BCUT2D eigenvalue weighted by Gasteiger charge is -2.26. The van der Waals surface area contributed by atoms with Crippen molar-refractivity contribution < 1.29 is 9.90 Å². The number of aliphatic carboxylic acids is 1. The molecule has 1 aliphatic carbocycles. The van der Waals surface area contributed by atoms with E-state index < -0.39 is 5.97 Å². The lowest BCUT2D eigenvalue weighted by Crippen LogP contribution is -2.22. The van der Waals surface area contributed by atoms with Crippen LogP contribution in [0.15, 0.2) is 47.2 Å². The van der Waals surface area contributed by atoms with Gasteiger partial charge >= 0.3 is 5.97 Å². The van der Waals surface area contributed by atoms with Gasteiger partial charge in [0.2, 0.25) is 0 Å². The van der Waals surface area contributed by atoms with E-state index in [1.165, 1.54) is 0 Å². The van der Waals surface area contributed by atoms with Gasteiger partial charge in [-0.1, -0.05) is 12.1 Å². The summed E-state index contributed by atoms with van der Waals surface area (Å²) in [6.07, 6.45) is 10.7. The first-order chi connectivity index (χ1) is 17.0. The third-order valence-corrected chi connectivity index (χ3v) is 7.94. The highest BCUT2D eigenvalue weighted by Gasteiger charge is 2.30. The van der Waals surface area contributed by atoms with Crippen LogP contribution >= 0.6 is 15.9 Å². The lowest BCUT2D eigenvalue weighted by molar-refractivity contribution is -0.142. The smallest absolute Gasteiger partial charge is 0.306 e. The number of halogens is 1. The number of carbonyl (C=O) groups is 1. The number of carboxylic acids is 1. The van der Waals surface area contributed by atoms with Crippen LogP contribution in [0.1, 0.15) is 48.4 Å². The molecular weight excluding hydrogens is 510 g/mol. The number of dihydropyridines is 1. The molecule has 1 fully saturated rings. The molecular formula is C25H24BrN7O2. The van der Waals surface area contributed by atoms with Crippen LogP contribution in [0.25, 0.3) is 27.8 Å². The summed E-state index contributed by atoms with van der Waals surface area (Å²) in [5.41, 5.74) is 13.2. The zero-order valence-corrected chi connectivity index (χ0v) is 20.4. The highest BCUT2D eigenvalue weighted by Crippen LogP contribution is 2.40. The molecule has 3 aromatic heterocycles. The first-order valence-corrected chi connectivity index (χ1v) is 12.4. The molecule has 0 saturated heterocycles. The second kappa shape index (κ2) is 8.53. The van der Waals surface area contributed by atoms with Gasteiger partial charge < -0.3 is 16.2 Å². The van der Waals surface area contributed by atoms with Crippen molar-refractivity contribution in [3.8, 4) is 0 Å². The van der Waals surface area contributed by atoms with E-state index in [-0.39, 0.29) is 11.8 Å². The Morgan fingerprint density at radius 1 is 1.17 bits per heavy atom. The summed E-state index contributed by atoms with van der Waals surface area (Å²) in [6.45, 7) is 0.632. The number of H-pyrrole nitrogens is 1. The summed E-state index contributed by atoms with van der Waals surface area (Å²) >= 11 is 3.63. The summed E-state index contributed by atoms with van der Waals surface area (Å²) in [5, 5.41) is 25.5. The molecule has 1 saturated carbocycles. The molecule has 6 rings (SSSR count). The van der Waals surface area contributed by atoms with Gasteiger partial charge in [-0.2, -0.15) is 14.7 Å². The van der Waals surface area contributed by atoms with Crippen LogP contribution in [0.5, 0.6) is 0 Å². The number of aromatic nitrogens is 5. The molecule has 4 aromatic rings. The van der Waals surface area contributed by atoms with E-state index in [4.69, 9.17) is 10.7 Å². The fraction of sp³-hybridized carbons (Fsp3) is 0.280. The van der Waals surface area contributed by atoms with Crippen molar-refractivity contribution in [2.75, 3.05) is 12.3 Å². The molecule has 1 aliphatic heterocycles. The number of rotatable bonds is 4. The topological polar surface area (TPSA) is 134 Å². The minimum atomic E-state index is -0.711. The summed E-state index contributed by atoms with van der Waals surface area (Å²) in [4.78, 5) is 16.4. The van der Waals surface area contributed by atoms with Gasteiger partial charge in [-0.15, -0.1) is 0 Å². The Balaban J connectivity index is 1.33. The molecule has 0 unspecified atom stereocenters. The Labute approximate surface area is 209 Å². The molecule has 178 valence electrons. The maximum Gasteiger partial charge on any atom is 0.306 e. The number of hydrogen-bond donors (Lipinski definition) is 4. The van der Waals surface area contributed by atoms with Gasteiger partial charge in [-0.25, -0.2) is 4.98 Å². The van der Waals surface area contributed by atoms with Crippen molar-refractivity contribution >= 4 is 55.5 Å². The van der Waals surface area contributed by atoms with Gasteiger partial charge in [-0.3, -0.25) is 9.89 Å². The largest absolute Gasteiger partial charge is 0.481 e. The molecule has 2 aliphatic rings. The number of nitrogen functional groups attached to an aromatic ring is 1. The van der Waals surface area contributed by atoms with Crippen LogP contribution < -0.4 is 11.1 Å². The normalized spacial score (nSPS) is 20.5. The predicted octanol–water partition coefficient (Wildman–Crippen LogP) is 4.34. The Morgan fingerprint density at radius 2 is 2.00 bits per heavy atom. The first-order valence-electron chi connectivity index (χ1n) is 11.6. The number of nitrogens with one attached hydrogen (secondary N) is 2. The third-order valence-electron chi connectivity index (χ3n) is 7.13. The molecule has 0 spiro atoms. The maximum absolute atomic E-state index is 11.4. The molecule has 10 heteroatoms. The highest BCUT2D eigenvalue weighted by molar-refractivity contribution is 9.10. The van der Waals surface area contributed by atoms with Crippen LogP contribution in [0, 0.1) is 5.92 Å². The van der Waals surface area contributed by atoms with Gasteiger partial charge in [0.15, 0.2) is 5.65 Å². The Kier molecular flexibility index (Phi) is 5.32. The fourth-order valence-corrected chi connectivity index (χ4v) is 5.69. The maximum atomic E-state index is 11.4. The highest BCUT2D eigenvalue weighted by atomic mass is 79.9. The monoisotopic (exact) mass is 533 g/mol. The van der Waals surface area contributed by atoms with Crippen LogP contribution in [-0.4, -0.2) is 42.4 Å². The van der Waals surface area contributed by atoms with E-state index in [1.807, 2.05) is 12.3 Å². The summed E-state index contributed by atoms with van der Waals surface area (Å²) in [6, 6.07) is 6.20. The number of carboxylic acid groups (broad SMARTS) is 1. The van der Waals surface area contributed by atoms with Crippen molar-refractivity contribution in [1.29, 1.82) is 0 Å². The van der Waals surface area contributed by atoms with E-state index in [2.05, 4.69) is 60.8 Å². The SMILES string of the molecule is Nc1c(Br)c(C2CCC(C(=O)O)CC2)nc2c(C3=CC=C(c4ccc5[nH]ncc5c4)NC3)cnn12. The fourth-order valence-electron chi connectivity index (χ4n) is 5.11. The Bertz CT molecular complexity index is 1530. The Morgan fingerprint density at radius 3 is 2.74 bits per heavy atom. The second-order valence-corrected chi connectivity index (χ2v) is 9.97. The van der Waals surface area contributed by atoms with Crippen molar-refractivity contribution in [2.24, 2.45) is 5.92 Å². The molecule has 0 amide bonds. The number of benzene rings is 1. The molecule has 0 atom stereocenters. The van der Waals surface area contributed by atoms with Gasteiger partial charge in [0.25, 0.3) is 0 Å². The third kappa shape index (κ3) is 3.78. The number of hydrogen-bond acceptors (Lipinski definition) is 6. The van der Waals surface area contributed by atoms with E-state index in [0.717, 1.165) is 56.3 Å². The second-order valence-electron chi connectivity index (χ2n) is 9.17. The van der Waals surface area contributed by atoms with Crippen LogP contribution in [0.4, 0.5) is 5.82 Å². The number of aromatic amines is 1. The minimum absolute atomic E-state index is 0.165. The summed E-state index contributed by atoms with van der Waals surface area (Å²) in [5.74, 6) is -0.314. The quantitative estimate of drug-likeness (QED) is 0.306. The van der Waals surface area contributed by atoms with Gasteiger partial charge in [0.1, 0.15) is 5.82 Å². The lowest BCUT2D eigenvalue weighted by atomic mass is 9.80. The van der Waals surface area contributed by atoms with Crippen molar-refractivity contribution in [2.45, 2.75) is 31.6 Å². The van der Waals surface area contributed by atoms with Gasteiger partial charge in [0.05, 0.1) is 34.0 Å². The van der Waals surface area contributed by atoms with E-state index >= 15 is 0 Å². The van der Waals surface area contributed by atoms with E-state index in [9.17, 15) is 9.90 Å². The molecule has 9 nitrogen and oxygen atoms in total. The number of nitrogens with zero attached hydrogens (tertiary/aromatic N) is 4. The average molecular weight is 534 g/mol. The molecule has 35 heavy (non-hydrogen) atoms. The number of fused-ring (bicyclic) bond motifs is 2. The zero-order chi connectivity index (χ0) is 24.1. The molecule has 0 bridgehead atoms. The zero-order valence-electron chi connectivity index (χ0n) is 18.8. The number of allylic oxidation sites excluding steroid dienone is 2. The minimum Gasteiger partial charge on any atom is -0.481 e. The predicted molar refractivity (Wildman–Crippen MR) is 137 cm³/mol. The average Bonchev–Trinajstić information content (AvgIpc) is 3.53.